The maximum absolute atomic E-state index is 13.5. The van der Waals surface area contributed by atoms with E-state index in [2.05, 4.69) is 64.0 Å². The Bertz CT molecular complexity index is 1190. The van der Waals surface area contributed by atoms with E-state index in [1.165, 1.54) is 18.3 Å². The van der Waals surface area contributed by atoms with Gasteiger partial charge >= 0.3 is 0 Å². The molecule has 0 aliphatic heterocycles. The van der Waals surface area contributed by atoms with Gasteiger partial charge in [-0.15, -0.1) is 11.3 Å². The van der Waals surface area contributed by atoms with Crippen LogP contribution in [0.4, 0.5) is 5.69 Å². The molecule has 0 spiro atoms. The fraction of sp³-hybridized carbons (Fsp3) is 0.667. The molecule has 3 unspecified atom stereocenters. The molecule has 1 aromatic carbocycles. The van der Waals surface area contributed by atoms with Crippen molar-refractivity contribution in [3.63, 3.8) is 0 Å². The number of nitrogens with two attached hydrogens (primary N) is 1. The van der Waals surface area contributed by atoms with Gasteiger partial charge in [-0.2, -0.15) is 0 Å². The first-order valence-corrected chi connectivity index (χ1v) is 17.8. The van der Waals surface area contributed by atoms with E-state index < -0.39 is 6.04 Å². The second kappa shape index (κ2) is 18.9. The van der Waals surface area contributed by atoms with Crippen LogP contribution < -0.4 is 16.4 Å². The predicted octanol–water partition coefficient (Wildman–Crippen LogP) is 7.69. The highest BCUT2D eigenvalue weighted by Crippen LogP contribution is 2.29. The number of anilines is 1. The van der Waals surface area contributed by atoms with Gasteiger partial charge in [-0.05, 0) is 61.1 Å². The molecule has 0 radical (unpaired) electrons. The molecule has 252 valence electrons. The van der Waals surface area contributed by atoms with Gasteiger partial charge in [-0.3, -0.25) is 14.4 Å². The summed E-state index contributed by atoms with van der Waals surface area (Å²) in [6.07, 6.45) is 8.74. The molecule has 0 aliphatic rings. The maximum Gasteiger partial charge on any atom is 0.270 e. The Hall–Kier alpha value is -2.94. The monoisotopic (exact) mass is 641 g/mol. The molecule has 0 bridgehead atoms. The van der Waals surface area contributed by atoms with Crippen LogP contribution in [0.25, 0.3) is 0 Å². The lowest BCUT2D eigenvalue weighted by molar-refractivity contribution is -0.135. The number of nitrogen functional groups attached to an aromatic ring is 1. The minimum absolute atomic E-state index is 0.0122. The molecule has 2 rings (SSSR count). The van der Waals surface area contributed by atoms with Crippen molar-refractivity contribution in [1.29, 1.82) is 0 Å². The number of nitrogens with one attached hydrogen (secondary N) is 2. The molecular formula is C36H59N5O3S. The number of hydrogen-bond donors (Lipinski definition) is 3. The molecule has 0 saturated carbocycles. The molecule has 3 amide bonds. The number of aromatic nitrogens is 1. The standard InChI is InChI=1S/C36H59N5O3S/c1-9-11-13-14-20-41(33(43)15-12-10-2)32(25(3)4)22-30(38-26(5)42)35-40-31(24-45-35)34(44)39-29(23-36(6,7)8)21-27-16-18-28(37)19-17-27/h16-19,24-25,29-30,32H,9-15,20-23,37H2,1-8H3,(H,38,42)(H,39,44). The minimum Gasteiger partial charge on any atom is -0.399 e. The van der Waals surface area contributed by atoms with Crippen LogP contribution in [-0.2, 0) is 16.0 Å². The van der Waals surface area contributed by atoms with Crippen LogP contribution >= 0.6 is 11.3 Å². The summed E-state index contributed by atoms with van der Waals surface area (Å²) >= 11 is 1.38. The summed E-state index contributed by atoms with van der Waals surface area (Å²) in [5.41, 5.74) is 8.06. The van der Waals surface area contributed by atoms with E-state index in [0.29, 0.717) is 42.2 Å². The normalized spacial score (nSPS) is 13.7. The highest BCUT2D eigenvalue weighted by Gasteiger charge is 2.31. The number of benzene rings is 1. The molecule has 45 heavy (non-hydrogen) atoms. The third kappa shape index (κ3) is 13.9. The molecule has 0 aliphatic carbocycles. The van der Waals surface area contributed by atoms with Gasteiger partial charge in [0.1, 0.15) is 10.7 Å². The van der Waals surface area contributed by atoms with Crippen molar-refractivity contribution in [2.24, 2.45) is 11.3 Å². The summed E-state index contributed by atoms with van der Waals surface area (Å²) < 4.78 is 0. The van der Waals surface area contributed by atoms with Crippen LogP contribution in [0.2, 0.25) is 0 Å². The van der Waals surface area contributed by atoms with Crippen LogP contribution in [0, 0.1) is 11.3 Å². The Morgan fingerprint density at radius 1 is 0.978 bits per heavy atom. The first-order chi connectivity index (χ1) is 21.2. The number of thiazole rings is 1. The lowest BCUT2D eigenvalue weighted by Crippen LogP contribution is -2.46. The van der Waals surface area contributed by atoms with Crippen LogP contribution in [-0.4, -0.2) is 46.2 Å². The fourth-order valence-electron chi connectivity index (χ4n) is 5.79. The number of carbonyl (C=O) groups is 3. The Labute approximate surface area is 276 Å². The van der Waals surface area contributed by atoms with E-state index in [1.807, 2.05) is 24.3 Å². The van der Waals surface area contributed by atoms with E-state index in [0.717, 1.165) is 50.5 Å². The molecule has 1 aromatic heterocycles. The Kier molecular flexibility index (Phi) is 16.1. The molecule has 8 nitrogen and oxygen atoms in total. The van der Waals surface area contributed by atoms with Gasteiger partial charge in [0.2, 0.25) is 11.8 Å². The zero-order valence-corrected chi connectivity index (χ0v) is 29.9. The van der Waals surface area contributed by atoms with Gasteiger partial charge in [0.15, 0.2) is 0 Å². The number of nitrogens with zero attached hydrogens (tertiary/aromatic N) is 2. The highest BCUT2D eigenvalue weighted by atomic mass is 32.1. The summed E-state index contributed by atoms with van der Waals surface area (Å²) in [6.45, 7) is 17.3. The lowest BCUT2D eigenvalue weighted by Gasteiger charge is -2.37. The summed E-state index contributed by atoms with van der Waals surface area (Å²) in [7, 11) is 0. The number of rotatable bonds is 19. The van der Waals surface area contributed by atoms with E-state index in [-0.39, 0.29) is 41.1 Å². The topological polar surface area (TPSA) is 117 Å². The Morgan fingerprint density at radius 3 is 2.22 bits per heavy atom. The van der Waals surface area contributed by atoms with Gasteiger partial charge in [0, 0.05) is 43.0 Å². The second-order valence-corrected chi connectivity index (χ2v) is 14.9. The summed E-state index contributed by atoms with van der Waals surface area (Å²) in [5.74, 6) is -0.0215. The van der Waals surface area contributed by atoms with Gasteiger partial charge in [0.05, 0.1) is 6.04 Å². The Balaban J connectivity index is 2.29. The van der Waals surface area contributed by atoms with Crippen LogP contribution in [0.1, 0.15) is 140 Å². The predicted molar refractivity (Wildman–Crippen MR) is 187 cm³/mol. The second-order valence-electron chi connectivity index (χ2n) is 14.0. The third-order valence-electron chi connectivity index (χ3n) is 8.05. The van der Waals surface area contributed by atoms with Crippen LogP contribution in [0.3, 0.4) is 0 Å². The first-order valence-electron chi connectivity index (χ1n) is 16.9. The van der Waals surface area contributed by atoms with Crippen molar-refractivity contribution in [2.45, 2.75) is 138 Å². The van der Waals surface area contributed by atoms with Crippen molar-refractivity contribution in [2.75, 3.05) is 12.3 Å². The van der Waals surface area contributed by atoms with Gasteiger partial charge < -0.3 is 21.3 Å². The maximum atomic E-state index is 13.5. The van der Waals surface area contributed by atoms with Crippen molar-refractivity contribution in [3.8, 4) is 0 Å². The number of amides is 3. The molecule has 2 aromatic rings. The fourth-order valence-corrected chi connectivity index (χ4v) is 6.65. The molecule has 9 heteroatoms. The van der Waals surface area contributed by atoms with Crippen LogP contribution in [0.5, 0.6) is 0 Å². The average molecular weight is 642 g/mol. The van der Waals surface area contributed by atoms with Crippen molar-refractivity contribution in [3.05, 3.63) is 45.9 Å². The van der Waals surface area contributed by atoms with Crippen molar-refractivity contribution in [1.82, 2.24) is 20.5 Å². The largest absolute Gasteiger partial charge is 0.399 e. The molecule has 4 N–H and O–H groups in total. The smallest absolute Gasteiger partial charge is 0.270 e. The van der Waals surface area contributed by atoms with E-state index in [1.54, 1.807) is 5.38 Å². The molecular weight excluding hydrogens is 582 g/mol. The third-order valence-corrected chi connectivity index (χ3v) is 9.01. The van der Waals surface area contributed by atoms with Crippen molar-refractivity contribution < 1.29 is 14.4 Å². The highest BCUT2D eigenvalue weighted by molar-refractivity contribution is 7.09. The molecule has 3 atom stereocenters. The SMILES string of the molecule is CCCCCCN(C(=O)CCCC)C(CC(NC(C)=O)c1nc(C(=O)NC(Cc2ccc(N)cc2)CC(C)(C)C)cs1)C(C)C. The zero-order valence-electron chi connectivity index (χ0n) is 29.1. The minimum atomic E-state index is -0.404. The number of hydrogen-bond acceptors (Lipinski definition) is 6. The quantitative estimate of drug-likeness (QED) is 0.107. The van der Waals surface area contributed by atoms with E-state index in [9.17, 15) is 14.4 Å². The zero-order chi connectivity index (χ0) is 33.6. The number of unbranched alkanes of at least 4 members (excludes halogenated alkanes) is 4. The molecule has 1 heterocycles. The summed E-state index contributed by atoms with van der Waals surface area (Å²) in [5, 5.41) is 8.76. The average Bonchev–Trinajstić information content (AvgIpc) is 3.45. The van der Waals surface area contributed by atoms with E-state index >= 15 is 0 Å². The van der Waals surface area contributed by atoms with Gasteiger partial charge in [-0.1, -0.05) is 86.3 Å². The number of carbonyl (C=O) groups excluding carboxylic acids is 3. The summed E-state index contributed by atoms with van der Waals surface area (Å²) in [6, 6.07) is 7.22. The van der Waals surface area contributed by atoms with E-state index in [4.69, 9.17) is 10.7 Å². The first kappa shape index (κ1) is 38.2. The Morgan fingerprint density at radius 2 is 1.64 bits per heavy atom. The summed E-state index contributed by atoms with van der Waals surface area (Å²) in [4.78, 5) is 46.2. The van der Waals surface area contributed by atoms with Gasteiger partial charge in [0.25, 0.3) is 5.91 Å². The van der Waals surface area contributed by atoms with Crippen molar-refractivity contribution >= 4 is 34.7 Å². The molecule has 0 saturated heterocycles. The van der Waals surface area contributed by atoms with Gasteiger partial charge in [-0.25, -0.2) is 4.98 Å². The molecule has 0 fully saturated rings. The lowest BCUT2D eigenvalue weighted by atomic mass is 9.85. The van der Waals surface area contributed by atoms with Crippen LogP contribution in [0.15, 0.2) is 29.6 Å².